The number of hydrogen-bond donors (Lipinski definition) is 1. The van der Waals surface area contributed by atoms with E-state index in [-0.39, 0.29) is 30.3 Å². The SMILES string of the molecule is CCCN(CC(F)(F)F)C(=O)C1CC(N)CCC1C. The van der Waals surface area contributed by atoms with Crippen molar-refractivity contribution in [1.82, 2.24) is 4.90 Å². The minimum absolute atomic E-state index is 0.0699. The van der Waals surface area contributed by atoms with Gasteiger partial charge < -0.3 is 10.6 Å². The van der Waals surface area contributed by atoms with Crippen LogP contribution in [0.1, 0.15) is 39.5 Å². The minimum atomic E-state index is -4.34. The molecule has 3 nitrogen and oxygen atoms in total. The molecule has 1 aliphatic carbocycles. The maximum absolute atomic E-state index is 12.5. The lowest BCUT2D eigenvalue weighted by Crippen LogP contribution is -2.47. The molecule has 0 aromatic carbocycles. The van der Waals surface area contributed by atoms with Crippen molar-refractivity contribution < 1.29 is 18.0 Å². The molecule has 1 amide bonds. The fraction of sp³-hybridized carbons (Fsp3) is 0.923. The topological polar surface area (TPSA) is 46.3 Å². The molecule has 3 atom stereocenters. The van der Waals surface area contributed by atoms with Crippen molar-refractivity contribution in [3.05, 3.63) is 0 Å². The molecular formula is C13H23F3N2O. The number of rotatable bonds is 4. The Morgan fingerprint density at radius 2 is 2.00 bits per heavy atom. The number of nitrogens with zero attached hydrogens (tertiary/aromatic N) is 1. The lowest BCUT2D eigenvalue weighted by molar-refractivity contribution is -0.165. The van der Waals surface area contributed by atoms with E-state index < -0.39 is 12.7 Å². The molecule has 0 heterocycles. The molecule has 0 aromatic heterocycles. The molecule has 3 unspecified atom stereocenters. The summed E-state index contributed by atoms with van der Waals surface area (Å²) in [6, 6.07) is -0.0699. The van der Waals surface area contributed by atoms with Crippen molar-refractivity contribution in [3.8, 4) is 0 Å². The van der Waals surface area contributed by atoms with Gasteiger partial charge in [-0.25, -0.2) is 0 Å². The first kappa shape index (κ1) is 16.3. The van der Waals surface area contributed by atoms with Crippen molar-refractivity contribution >= 4 is 5.91 Å². The molecular weight excluding hydrogens is 257 g/mol. The number of alkyl halides is 3. The number of nitrogens with two attached hydrogens (primary N) is 1. The normalized spacial score (nSPS) is 28.2. The van der Waals surface area contributed by atoms with Crippen LogP contribution < -0.4 is 5.73 Å². The van der Waals surface area contributed by atoms with Crippen LogP contribution >= 0.6 is 0 Å². The van der Waals surface area contributed by atoms with Crippen LogP contribution in [0.4, 0.5) is 13.2 Å². The Bertz CT molecular complexity index is 307. The van der Waals surface area contributed by atoms with E-state index >= 15 is 0 Å². The molecule has 19 heavy (non-hydrogen) atoms. The summed E-state index contributed by atoms with van der Waals surface area (Å²) in [7, 11) is 0. The van der Waals surface area contributed by atoms with Gasteiger partial charge in [0.1, 0.15) is 6.54 Å². The maximum Gasteiger partial charge on any atom is 0.406 e. The molecule has 1 aliphatic rings. The second kappa shape index (κ2) is 6.59. The van der Waals surface area contributed by atoms with E-state index in [1.165, 1.54) is 0 Å². The molecule has 0 saturated heterocycles. The van der Waals surface area contributed by atoms with Crippen LogP contribution in [0.3, 0.4) is 0 Å². The average Bonchev–Trinajstić information content (AvgIpc) is 2.29. The van der Waals surface area contributed by atoms with Gasteiger partial charge in [-0.2, -0.15) is 13.2 Å². The predicted molar refractivity (Wildman–Crippen MR) is 67.4 cm³/mol. The first-order valence-electron chi connectivity index (χ1n) is 6.85. The minimum Gasteiger partial charge on any atom is -0.333 e. The van der Waals surface area contributed by atoms with E-state index in [0.717, 1.165) is 17.7 Å². The highest BCUT2D eigenvalue weighted by Gasteiger charge is 2.38. The van der Waals surface area contributed by atoms with Crippen LogP contribution in [0.2, 0.25) is 0 Å². The third kappa shape index (κ3) is 5.01. The van der Waals surface area contributed by atoms with Crippen molar-refractivity contribution in [2.24, 2.45) is 17.6 Å². The van der Waals surface area contributed by atoms with E-state index in [4.69, 9.17) is 5.73 Å². The smallest absolute Gasteiger partial charge is 0.333 e. The van der Waals surface area contributed by atoms with Gasteiger partial charge in [0.2, 0.25) is 5.91 Å². The zero-order valence-electron chi connectivity index (χ0n) is 11.5. The molecule has 1 fully saturated rings. The molecule has 1 rings (SSSR count). The Labute approximate surface area is 112 Å². The van der Waals surface area contributed by atoms with Crippen LogP contribution in [-0.4, -0.2) is 36.1 Å². The lowest BCUT2D eigenvalue weighted by atomic mass is 9.77. The highest BCUT2D eigenvalue weighted by Crippen LogP contribution is 2.31. The Balaban J connectivity index is 2.74. The van der Waals surface area contributed by atoms with Crippen LogP contribution in [0.15, 0.2) is 0 Å². The highest BCUT2D eigenvalue weighted by molar-refractivity contribution is 5.79. The molecule has 6 heteroatoms. The lowest BCUT2D eigenvalue weighted by Gasteiger charge is -2.35. The molecule has 0 bridgehead atoms. The Morgan fingerprint density at radius 1 is 1.37 bits per heavy atom. The van der Waals surface area contributed by atoms with E-state index in [2.05, 4.69) is 0 Å². The largest absolute Gasteiger partial charge is 0.406 e. The quantitative estimate of drug-likeness (QED) is 0.860. The number of halogens is 3. The summed E-state index contributed by atoms with van der Waals surface area (Å²) in [5.41, 5.74) is 5.83. The van der Waals surface area contributed by atoms with Crippen molar-refractivity contribution in [2.45, 2.75) is 51.7 Å². The second-order valence-electron chi connectivity index (χ2n) is 5.53. The first-order chi connectivity index (χ1) is 8.74. The number of carbonyl (C=O) groups excluding carboxylic acids is 1. The van der Waals surface area contributed by atoms with Crippen LogP contribution in [0, 0.1) is 11.8 Å². The van der Waals surface area contributed by atoms with Crippen LogP contribution in [0.25, 0.3) is 0 Å². The first-order valence-corrected chi connectivity index (χ1v) is 6.85. The zero-order valence-corrected chi connectivity index (χ0v) is 11.5. The van der Waals surface area contributed by atoms with Gasteiger partial charge >= 0.3 is 6.18 Å². The van der Waals surface area contributed by atoms with Gasteiger partial charge in [0.05, 0.1) is 0 Å². The average molecular weight is 280 g/mol. The fourth-order valence-electron chi connectivity index (χ4n) is 2.69. The summed E-state index contributed by atoms with van der Waals surface area (Å²) in [6.07, 6.45) is -1.67. The Morgan fingerprint density at radius 3 is 2.53 bits per heavy atom. The summed E-state index contributed by atoms with van der Waals surface area (Å²) in [4.78, 5) is 13.2. The second-order valence-corrected chi connectivity index (χ2v) is 5.53. The maximum atomic E-state index is 12.5. The standard InChI is InChI=1S/C13H23F3N2O/c1-3-6-18(8-13(14,15)16)12(19)11-7-10(17)5-4-9(11)2/h9-11H,3-8,17H2,1-2H3. The predicted octanol–water partition coefficient (Wildman–Crippen LogP) is 2.55. The summed E-state index contributed by atoms with van der Waals surface area (Å²) in [6.45, 7) is 2.69. The van der Waals surface area contributed by atoms with E-state index in [1.807, 2.05) is 6.92 Å². The molecule has 0 spiro atoms. The number of amides is 1. The molecule has 2 N–H and O–H groups in total. The van der Waals surface area contributed by atoms with Gasteiger partial charge in [0.15, 0.2) is 0 Å². The fourth-order valence-corrected chi connectivity index (χ4v) is 2.69. The molecule has 0 aliphatic heterocycles. The van der Waals surface area contributed by atoms with Crippen molar-refractivity contribution in [2.75, 3.05) is 13.1 Å². The summed E-state index contributed by atoms with van der Waals surface area (Å²) >= 11 is 0. The highest BCUT2D eigenvalue weighted by atomic mass is 19.4. The van der Waals surface area contributed by atoms with Crippen LogP contribution in [0.5, 0.6) is 0 Å². The van der Waals surface area contributed by atoms with Gasteiger partial charge in [-0.1, -0.05) is 13.8 Å². The van der Waals surface area contributed by atoms with Gasteiger partial charge in [-0.3, -0.25) is 4.79 Å². The van der Waals surface area contributed by atoms with Crippen molar-refractivity contribution in [3.63, 3.8) is 0 Å². The van der Waals surface area contributed by atoms with Crippen molar-refractivity contribution in [1.29, 1.82) is 0 Å². The molecule has 112 valence electrons. The van der Waals surface area contributed by atoms with Crippen LogP contribution in [-0.2, 0) is 4.79 Å². The Hall–Kier alpha value is -0.780. The van der Waals surface area contributed by atoms with E-state index in [0.29, 0.717) is 12.8 Å². The van der Waals surface area contributed by atoms with Gasteiger partial charge in [-0.15, -0.1) is 0 Å². The van der Waals surface area contributed by atoms with E-state index in [1.54, 1.807) is 6.92 Å². The summed E-state index contributed by atoms with van der Waals surface area (Å²) in [5.74, 6) is -0.639. The monoisotopic (exact) mass is 280 g/mol. The third-order valence-electron chi connectivity index (χ3n) is 3.73. The number of carbonyl (C=O) groups is 1. The molecule has 0 radical (unpaired) electrons. The van der Waals surface area contributed by atoms with Gasteiger partial charge in [0.25, 0.3) is 0 Å². The number of hydrogen-bond acceptors (Lipinski definition) is 2. The van der Waals surface area contributed by atoms with E-state index in [9.17, 15) is 18.0 Å². The molecule has 1 saturated carbocycles. The summed E-state index contributed by atoms with van der Waals surface area (Å²) < 4.78 is 37.5. The Kier molecular flexibility index (Phi) is 5.64. The van der Waals surface area contributed by atoms with Gasteiger partial charge in [-0.05, 0) is 31.6 Å². The third-order valence-corrected chi connectivity index (χ3v) is 3.73. The zero-order chi connectivity index (χ0) is 14.6. The van der Waals surface area contributed by atoms with Gasteiger partial charge in [0, 0.05) is 18.5 Å². The summed E-state index contributed by atoms with van der Waals surface area (Å²) in [5, 5.41) is 0. The molecule has 0 aromatic rings.